The Morgan fingerprint density at radius 2 is 1.84 bits per heavy atom. The highest BCUT2D eigenvalue weighted by atomic mass is 35.5. The summed E-state index contributed by atoms with van der Waals surface area (Å²) >= 11 is 5.75. The van der Waals surface area contributed by atoms with Crippen molar-refractivity contribution in [2.75, 3.05) is 11.6 Å². The average molecular weight is 297 g/mol. The van der Waals surface area contributed by atoms with Gasteiger partial charge in [0.25, 0.3) is 0 Å². The van der Waals surface area contributed by atoms with Crippen molar-refractivity contribution in [1.29, 1.82) is 0 Å². The van der Waals surface area contributed by atoms with E-state index in [4.69, 9.17) is 11.6 Å². The molecule has 0 aliphatic heterocycles. The third-order valence-electron chi connectivity index (χ3n) is 2.54. The van der Waals surface area contributed by atoms with E-state index in [9.17, 15) is 8.42 Å². The van der Waals surface area contributed by atoms with Crippen LogP contribution in [0.5, 0.6) is 0 Å². The molecular formula is C13H13ClN2O2S. The van der Waals surface area contributed by atoms with Crippen LogP contribution in [0.1, 0.15) is 5.69 Å². The van der Waals surface area contributed by atoms with Crippen LogP contribution in [0.3, 0.4) is 0 Å². The van der Waals surface area contributed by atoms with Crippen LogP contribution < -0.4 is 5.32 Å². The minimum Gasteiger partial charge on any atom is -0.379 e. The quantitative estimate of drug-likeness (QED) is 0.942. The predicted molar refractivity (Wildman–Crippen MR) is 76.1 cm³/mol. The third kappa shape index (κ3) is 3.94. The first kappa shape index (κ1) is 13.8. The lowest BCUT2D eigenvalue weighted by atomic mass is 10.3. The number of anilines is 1. The maximum atomic E-state index is 11.3. The highest BCUT2D eigenvalue weighted by Crippen LogP contribution is 2.14. The fraction of sp³-hybridized carbons (Fsp3) is 0.154. The Hall–Kier alpha value is -1.59. The fourth-order valence-corrected chi connectivity index (χ4v) is 2.27. The molecule has 0 saturated carbocycles. The topological polar surface area (TPSA) is 59.1 Å². The van der Waals surface area contributed by atoms with Gasteiger partial charge in [-0.05, 0) is 36.4 Å². The molecular weight excluding hydrogens is 284 g/mol. The van der Waals surface area contributed by atoms with Crippen molar-refractivity contribution in [1.82, 2.24) is 4.98 Å². The first-order valence-corrected chi connectivity index (χ1v) is 7.86. The highest BCUT2D eigenvalue weighted by molar-refractivity contribution is 7.90. The van der Waals surface area contributed by atoms with Crippen molar-refractivity contribution in [2.24, 2.45) is 0 Å². The Kier molecular flexibility index (Phi) is 4.07. The second-order valence-corrected chi connectivity index (χ2v) is 6.57. The summed E-state index contributed by atoms with van der Waals surface area (Å²) in [6.07, 6.45) is 2.78. The zero-order valence-corrected chi connectivity index (χ0v) is 11.9. The van der Waals surface area contributed by atoms with Crippen LogP contribution in [0, 0.1) is 0 Å². The van der Waals surface area contributed by atoms with Crippen LogP contribution in [0.4, 0.5) is 5.69 Å². The third-order valence-corrected chi connectivity index (χ3v) is 3.90. The van der Waals surface area contributed by atoms with Crippen LogP contribution in [-0.4, -0.2) is 19.7 Å². The van der Waals surface area contributed by atoms with Gasteiger partial charge in [-0.1, -0.05) is 11.6 Å². The minimum absolute atomic E-state index is 0.308. The first-order valence-electron chi connectivity index (χ1n) is 5.59. The van der Waals surface area contributed by atoms with Crippen LogP contribution in [0.25, 0.3) is 0 Å². The zero-order chi connectivity index (χ0) is 13.9. The van der Waals surface area contributed by atoms with Crippen LogP contribution in [0.2, 0.25) is 5.02 Å². The molecule has 0 fully saturated rings. The van der Waals surface area contributed by atoms with Crippen molar-refractivity contribution < 1.29 is 8.42 Å². The van der Waals surface area contributed by atoms with Gasteiger partial charge < -0.3 is 5.32 Å². The molecule has 2 rings (SSSR count). The molecule has 0 amide bonds. The number of rotatable bonds is 4. The van der Waals surface area contributed by atoms with E-state index in [2.05, 4.69) is 10.3 Å². The SMILES string of the molecule is CS(=O)(=O)c1ccc(NCc2ccc(Cl)cn2)cc1. The van der Waals surface area contributed by atoms with E-state index in [-0.39, 0.29) is 0 Å². The molecule has 6 heteroatoms. The van der Waals surface area contributed by atoms with Gasteiger partial charge in [0.05, 0.1) is 22.2 Å². The standard InChI is InChI=1S/C13H13ClN2O2S/c1-19(17,18)13-6-4-11(5-7-13)16-9-12-3-2-10(14)8-15-12/h2-8,16H,9H2,1H3. The average Bonchev–Trinajstić information content (AvgIpc) is 2.37. The molecule has 100 valence electrons. The Morgan fingerprint density at radius 1 is 1.16 bits per heavy atom. The molecule has 0 spiro atoms. The summed E-state index contributed by atoms with van der Waals surface area (Å²) in [5.74, 6) is 0. The molecule has 4 nitrogen and oxygen atoms in total. The largest absolute Gasteiger partial charge is 0.379 e. The van der Waals surface area contributed by atoms with E-state index >= 15 is 0 Å². The summed E-state index contributed by atoms with van der Waals surface area (Å²) in [5.41, 5.74) is 1.70. The van der Waals surface area contributed by atoms with Crippen molar-refractivity contribution in [3.63, 3.8) is 0 Å². The van der Waals surface area contributed by atoms with Gasteiger partial charge in [0, 0.05) is 18.1 Å². The number of nitrogens with one attached hydrogen (secondary N) is 1. The van der Waals surface area contributed by atoms with Crippen LogP contribution in [0.15, 0.2) is 47.5 Å². The van der Waals surface area contributed by atoms with E-state index in [0.29, 0.717) is 16.5 Å². The van der Waals surface area contributed by atoms with Gasteiger partial charge in [0.1, 0.15) is 0 Å². The van der Waals surface area contributed by atoms with E-state index in [1.165, 1.54) is 6.26 Å². The monoisotopic (exact) mass is 296 g/mol. The zero-order valence-electron chi connectivity index (χ0n) is 10.3. The van der Waals surface area contributed by atoms with Crippen LogP contribution in [-0.2, 0) is 16.4 Å². The van der Waals surface area contributed by atoms with Gasteiger partial charge >= 0.3 is 0 Å². The summed E-state index contributed by atoms with van der Waals surface area (Å²) in [4.78, 5) is 4.47. The van der Waals surface area contributed by atoms with Crippen molar-refractivity contribution in [2.45, 2.75) is 11.4 Å². The summed E-state index contributed by atoms with van der Waals surface area (Å²) in [5, 5.41) is 3.76. The van der Waals surface area contributed by atoms with E-state index < -0.39 is 9.84 Å². The number of halogens is 1. The second-order valence-electron chi connectivity index (χ2n) is 4.12. The van der Waals surface area contributed by atoms with Crippen molar-refractivity contribution in [3.8, 4) is 0 Å². The number of pyridine rings is 1. The molecule has 0 aliphatic carbocycles. The lowest BCUT2D eigenvalue weighted by Crippen LogP contribution is -2.02. The predicted octanol–water partition coefficient (Wildman–Crippen LogP) is 2.75. The molecule has 1 aromatic carbocycles. The number of hydrogen-bond donors (Lipinski definition) is 1. The minimum atomic E-state index is -3.15. The number of hydrogen-bond acceptors (Lipinski definition) is 4. The number of benzene rings is 1. The molecule has 0 bridgehead atoms. The van der Waals surface area contributed by atoms with E-state index in [1.807, 2.05) is 6.07 Å². The summed E-state index contributed by atoms with van der Waals surface area (Å²) in [7, 11) is -3.15. The Balaban J connectivity index is 2.02. The molecule has 0 saturated heterocycles. The summed E-state index contributed by atoms with van der Waals surface area (Å²) in [6.45, 7) is 0.551. The van der Waals surface area contributed by atoms with Gasteiger partial charge in [0.15, 0.2) is 9.84 Å². The molecule has 1 N–H and O–H groups in total. The Bertz CT molecular complexity index is 652. The summed E-state index contributed by atoms with van der Waals surface area (Å²) in [6, 6.07) is 10.2. The molecule has 1 heterocycles. The van der Waals surface area contributed by atoms with E-state index in [0.717, 1.165) is 11.4 Å². The van der Waals surface area contributed by atoms with Crippen LogP contribution >= 0.6 is 11.6 Å². The highest BCUT2D eigenvalue weighted by Gasteiger charge is 2.05. The normalized spacial score (nSPS) is 11.3. The molecule has 0 atom stereocenters. The maximum Gasteiger partial charge on any atom is 0.175 e. The lowest BCUT2D eigenvalue weighted by Gasteiger charge is -2.06. The maximum absolute atomic E-state index is 11.3. The number of aromatic nitrogens is 1. The smallest absolute Gasteiger partial charge is 0.175 e. The molecule has 0 radical (unpaired) electrons. The summed E-state index contributed by atoms with van der Waals surface area (Å²) < 4.78 is 22.6. The fourth-order valence-electron chi connectivity index (χ4n) is 1.52. The van der Waals surface area contributed by atoms with Gasteiger partial charge in [0.2, 0.25) is 0 Å². The lowest BCUT2D eigenvalue weighted by molar-refractivity contribution is 0.602. The molecule has 19 heavy (non-hydrogen) atoms. The number of sulfone groups is 1. The van der Waals surface area contributed by atoms with Crippen molar-refractivity contribution in [3.05, 3.63) is 53.3 Å². The molecule has 2 aromatic rings. The Labute approximate surface area is 117 Å². The van der Waals surface area contributed by atoms with Crippen molar-refractivity contribution >= 4 is 27.1 Å². The van der Waals surface area contributed by atoms with E-state index in [1.54, 1.807) is 36.5 Å². The Morgan fingerprint density at radius 3 is 2.37 bits per heavy atom. The van der Waals surface area contributed by atoms with Gasteiger partial charge in [-0.3, -0.25) is 4.98 Å². The molecule has 0 aliphatic rings. The second kappa shape index (κ2) is 5.59. The van der Waals surface area contributed by atoms with Gasteiger partial charge in [-0.2, -0.15) is 0 Å². The van der Waals surface area contributed by atoms with Gasteiger partial charge in [-0.25, -0.2) is 8.42 Å². The first-order chi connectivity index (χ1) is 8.95. The molecule has 0 unspecified atom stereocenters. The van der Waals surface area contributed by atoms with Gasteiger partial charge in [-0.15, -0.1) is 0 Å². The number of nitrogens with zero attached hydrogens (tertiary/aromatic N) is 1. The molecule has 1 aromatic heterocycles.